The van der Waals surface area contributed by atoms with Crippen LogP contribution in [0.15, 0.2) is 24.3 Å². The van der Waals surface area contributed by atoms with E-state index in [9.17, 15) is 4.79 Å². The number of nitrogens with one attached hydrogen (secondary N) is 1. The third-order valence-electron chi connectivity index (χ3n) is 1.46. The fraction of sp³-hybridized carbons (Fsp3) is 0.125. The van der Waals surface area contributed by atoms with Gasteiger partial charge in [0.15, 0.2) is 0 Å². The van der Waals surface area contributed by atoms with Crippen molar-refractivity contribution in [3.05, 3.63) is 29.8 Å². The van der Waals surface area contributed by atoms with Gasteiger partial charge in [-0.15, -0.1) is 0 Å². The van der Waals surface area contributed by atoms with Gasteiger partial charge in [0, 0.05) is 5.25 Å². The maximum absolute atomic E-state index is 10.8. The van der Waals surface area contributed by atoms with Crippen molar-refractivity contribution in [2.24, 2.45) is 0 Å². The molecule has 0 radical (unpaired) electrons. The summed E-state index contributed by atoms with van der Waals surface area (Å²) in [6.07, 6.45) is 0. The van der Waals surface area contributed by atoms with Crippen molar-refractivity contribution >= 4 is 24.9 Å². The smallest absolute Gasteiger partial charge is 0.478 e. The highest BCUT2D eigenvalue weighted by Crippen LogP contribution is 2.27. The number of hydrogen-bond acceptors (Lipinski definition) is 4. The molecule has 1 atom stereocenters. The molecule has 1 rings (SSSR count). The fourth-order valence-electron chi connectivity index (χ4n) is 0.905. The van der Waals surface area contributed by atoms with E-state index in [1.54, 1.807) is 18.2 Å². The fourth-order valence-corrected chi connectivity index (χ4v) is 1.89. The van der Waals surface area contributed by atoms with Crippen molar-refractivity contribution in [2.45, 2.75) is 0 Å². The van der Waals surface area contributed by atoms with Gasteiger partial charge in [-0.05, 0) is 12.1 Å². The first-order valence-electron chi connectivity index (χ1n) is 3.91. The van der Waals surface area contributed by atoms with Gasteiger partial charge in [-0.2, -0.15) is 0 Å². The standard InChI is InChI=1S/C8H8NO4PS/c1-12-9-14(15)13-7-5-3-2-4-6(7)8(10)11/h2-5H,1H3,(H-,9,10,11,15)/p+1. The van der Waals surface area contributed by atoms with Crippen LogP contribution in [0.5, 0.6) is 5.75 Å². The SMILES string of the molecule is CON[P+](=S)Oc1ccccc1C(=O)O. The number of rotatable bonds is 5. The van der Waals surface area contributed by atoms with Crippen LogP contribution in [-0.2, 0) is 16.6 Å². The van der Waals surface area contributed by atoms with Gasteiger partial charge in [0.1, 0.15) is 5.56 Å². The van der Waals surface area contributed by atoms with Crippen molar-refractivity contribution in [3.8, 4) is 5.75 Å². The van der Waals surface area contributed by atoms with Gasteiger partial charge in [-0.25, -0.2) is 4.79 Å². The highest BCUT2D eigenvalue weighted by atomic mass is 32.4. The highest BCUT2D eigenvalue weighted by Gasteiger charge is 2.19. The van der Waals surface area contributed by atoms with Crippen molar-refractivity contribution in [1.82, 2.24) is 5.25 Å². The predicted octanol–water partition coefficient (Wildman–Crippen LogP) is 1.69. The maximum atomic E-state index is 10.8. The van der Waals surface area contributed by atoms with Gasteiger partial charge in [-0.3, -0.25) is 9.36 Å². The maximum Gasteiger partial charge on any atom is 0.516 e. The molecule has 15 heavy (non-hydrogen) atoms. The summed E-state index contributed by atoms with van der Waals surface area (Å²) >= 11 is 4.88. The van der Waals surface area contributed by atoms with E-state index in [1.807, 2.05) is 0 Å². The topological polar surface area (TPSA) is 67.8 Å². The van der Waals surface area contributed by atoms with E-state index in [0.29, 0.717) is 0 Å². The van der Waals surface area contributed by atoms with Gasteiger partial charge in [0.2, 0.25) is 17.6 Å². The molecule has 0 amide bonds. The largest absolute Gasteiger partial charge is 0.516 e. The second-order valence-electron chi connectivity index (χ2n) is 2.45. The molecule has 80 valence electrons. The van der Waals surface area contributed by atoms with Crippen LogP contribution in [0, 0.1) is 0 Å². The molecule has 0 aliphatic carbocycles. The summed E-state index contributed by atoms with van der Waals surface area (Å²) in [5, 5.41) is 11.3. The van der Waals surface area contributed by atoms with Gasteiger partial charge in [0.05, 0.1) is 7.11 Å². The number of benzene rings is 1. The van der Waals surface area contributed by atoms with E-state index < -0.39 is 13.0 Å². The molecule has 0 spiro atoms. The number of hydrogen-bond donors (Lipinski definition) is 2. The number of para-hydroxylation sites is 1. The molecule has 0 saturated carbocycles. The Hall–Kier alpha value is -1.07. The molecule has 0 bridgehead atoms. The lowest BCUT2D eigenvalue weighted by atomic mass is 10.2. The molecule has 0 aromatic heterocycles. The minimum absolute atomic E-state index is 0.0766. The van der Waals surface area contributed by atoms with Gasteiger partial charge < -0.3 is 5.11 Å². The van der Waals surface area contributed by atoms with Gasteiger partial charge in [-0.1, -0.05) is 12.1 Å². The zero-order valence-electron chi connectivity index (χ0n) is 7.84. The summed E-state index contributed by atoms with van der Waals surface area (Å²) < 4.78 is 5.21. The summed E-state index contributed by atoms with van der Waals surface area (Å²) in [7, 11) is -0.0393. The average molecular weight is 246 g/mol. The lowest BCUT2D eigenvalue weighted by molar-refractivity contribution is 0.0695. The summed E-state index contributed by atoms with van der Waals surface area (Å²) in [5.41, 5.74) is 0.0766. The molecule has 0 heterocycles. The Morgan fingerprint density at radius 3 is 2.80 bits per heavy atom. The quantitative estimate of drug-likeness (QED) is 0.608. The Bertz CT molecular complexity index is 385. The number of carbonyl (C=O) groups is 1. The highest BCUT2D eigenvalue weighted by molar-refractivity contribution is 8.02. The summed E-state index contributed by atoms with van der Waals surface area (Å²) in [6, 6.07) is 6.28. The Morgan fingerprint density at radius 2 is 2.20 bits per heavy atom. The lowest BCUT2D eigenvalue weighted by Gasteiger charge is -1.99. The Kier molecular flexibility index (Phi) is 4.58. The van der Waals surface area contributed by atoms with Crippen molar-refractivity contribution < 1.29 is 19.3 Å². The van der Waals surface area contributed by atoms with E-state index in [2.05, 4.69) is 10.1 Å². The first-order valence-corrected chi connectivity index (χ1v) is 6.18. The van der Waals surface area contributed by atoms with Crippen molar-refractivity contribution in [1.29, 1.82) is 0 Å². The molecule has 0 saturated heterocycles. The van der Waals surface area contributed by atoms with Crippen LogP contribution in [0.4, 0.5) is 0 Å². The van der Waals surface area contributed by atoms with E-state index in [1.165, 1.54) is 13.2 Å². The van der Waals surface area contributed by atoms with Crippen LogP contribution in [-0.4, -0.2) is 18.2 Å². The van der Waals surface area contributed by atoms with E-state index in [0.717, 1.165) is 0 Å². The number of carboxylic acid groups (broad SMARTS) is 1. The number of aromatic carboxylic acids is 1. The first-order chi connectivity index (χ1) is 7.15. The Labute approximate surface area is 92.5 Å². The third-order valence-corrected chi connectivity index (χ3v) is 2.61. The second kappa shape index (κ2) is 5.72. The Balaban J connectivity index is 2.84. The molecular formula is C8H9NO4PS+. The third kappa shape index (κ3) is 3.53. The monoisotopic (exact) mass is 246 g/mol. The van der Waals surface area contributed by atoms with Crippen LogP contribution in [0.25, 0.3) is 0 Å². The minimum Gasteiger partial charge on any atom is -0.478 e. The van der Waals surface area contributed by atoms with Crippen molar-refractivity contribution in [2.75, 3.05) is 7.11 Å². The molecular weight excluding hydrogens is 237 g/mol. The van der Waals surface area contributed by atoms with Gasteiger partial charge in [0.25, 0.3) is 0 Å². The minimum atomic E-state index is -1.45. The average Bonchev–Trinajstić information content (AvgIpc) is 2.18. The van der Waals surface area contributed by atoms with Crippen LogP contribution in [0.3, 0.4) is 0 Å². The molecule has 1 aromatic carbocycles. The molecule has 5 nitrogen and oxygen atoms in total. The molecule has 2 N–H and O–H groups in total. The van der Waals surface area contributed by atoms with Crippen LogP contribution in [0.1, 0.15) is 10.4 Å². The van der Waals surface area contributed by atoms with Crippen molar-refractivity contribution in [3.63, 3.8) is 0 Å². The zero-order valence-corrected chi connectivity index (χ0v) is 9.55. The van der Waals surface area contributed by atoms with E-state index >= 15 is 0 Å². The predicted molar refractivity (Wildman–Crippen MR) is 58.5 cm³/mol. The van der Waals surface area contributed by atoms with Crippen LogP contribution >= 0.6 is 7.07 Å². The summed E-state index contributed by atoms with van der Waals surface area (Å²) in [6.45, 7) is 0. The molecule has 1 unspecified atom stereocenters. The Morgan fingerprint density at radius 1 is 1.53 bits per heavy atom. The second-order valence-corrected chi connectivity index (χ2v) is 4.32. The molecule has 0 aliphatic rings. The molecule has 0 aliphatic heterocycles. The summed E-state index contributed by atoms with van der Waals surface area (Å²) in [4.78, 5) is 15.4. The number of carboxylic acids is 1. The first kappa shape index (κ1) is 12.0. The van der Waals surface area contributed by atoms with E-state index in [4.69, 9.17) is 21.4 Å². The normalized spacial score (nSPS) is 10.9. The zero-order chi connectivity index (χ0) is 11.3. The van der Waals surface area contributed by atoms with Gasteiger partial charge >= 0.3 is 13.0 Å². The molecule has 7 heteroatoms. The van der Waals surface area contributed by atoms with Crippen LogP contribution < -0.4 is 9.77 Å². The van der Waals surface area contributed by atoms with E-state index in [-0.39, 0.29) is 11.3 Å². The summed E-state index contributed by atoms with van der Waals surface area (Å²) in [5.74, 6) is -0.822. The lowest BCUT2D eigenvalue weighted by Crippen LogP contribution is -2.05. The van der Waals surface area contributed by atoms with Crippen LogP contribution in [0.2, 0.25) is 0 Å². The molecule has 0 fully saturated rings. The molecule has 1 aromatic rings.